The number of carbonyl (C=O) groups excluding carboxylic acids is 1. The third kappa shape index (κ3) is 3.55. The first-order valence-electron chi connectivity index (χ1n) is 5.88. The second kappa shape index (κ2) is 5.52. The highest BCUT2D eigenvalue weighted by atomic mass is 19.1. The van der Waals surface area contributed by atoms with Gasteiger partial charge in [0.1, 0.15) is 11.6 Å². The van der Waals surface area contributed by atoms with Crippen LogP contribution in [0.15, 0.2) is 42.5 Å². The molecule has 0 saturated heterocycles. The molecule has 0 aliphatic carbocycles. The van der Waals surface area contributed by atoms with Crippen molar-refractivity contribution in [1.82, 2.24) is 5.32 Å². The van der Waals surface area contributed by atoms with Gasteiger partial charge < -0.3 is 10.4 Å². The summed E-state index contributed by atoms with van der Waals surface area (Å²) in [6, 6.07) is 10.7. The third-order valence-corrected chi connectivity index (χ3v) is 2.69. The molecule has 0 aromatic heterocycles. The van der Waals surface area contributed by atoms with E-state index in [1.54, 1.807) is 37.3 Å². The zero-order chi connectivity index (χ0) is 13.8. The summed E-state index contributed by atoms with van der Waals surface area (Å²) in [5.41, 5.74) is 1.87. The zero-order valence-corrected chi connectivity index (χ0v) is 10.5. The van der Waals surface area contributed by atoms with Gasteiger partial charge in [-0.05, 0) is 48.4 Å². The fourth-order valence-electron chi connectivity index (χ4n) is 1.77. The Balaban J connectivity index is 2.03. The Morgan fingerprint density at radius 2 is 1.89 bits per heavy atom. The van der Waals surface area contributed by atoms with Crippen LogP contribution in [0.5, 0.6) is 5.75 Å². The molecule has 2 aromatic rings. The van der Waals surface area contributed by atoms with Crippen molar-refractivity contribution in [3.8, 4) is 5.75 Å². The summed E-state index contributed by atoms with van der Waals surface area (Å²) < 4.78 is 13.2. The fraction of sp³-hybridized carbons (Fsp3) is 0.133. The Labute approximate surface area is 110 Å². The van der Waals surface area contributed by atoms with E-state index >= 15 is 0 Å². The van der Waals surface area contributed by atoms with Crippen molar-refractivity contribution in [2.45, 2.75) is 13.5 Å². The molecule has 0 spiro atoms. The summed E-state index contributed by atoms with van der Waals surface area (Å²) in [4.78, 5) is 11.9. The summed E-state index contributed by atoms with van der Waals surface area (Å²) in [6.07, 6.45) is 0. The van der Waals surface area contributed by atoms with Gasteiger partial charge in [-0.2, -0.15) is 0 Å². The van der Waals surface area contributed by atoms with Gasteiger partial charge in [0.15, 0.2) is 0 Å². The van der Waals surface area contributed by atoms with Crippen molar-refractivity contribution >= 4 is 5.91 Å². The standard InChI is InChI=1S/C15H14FNO2/c1-10-6-12(8-13(16)7-10)15(19)17-9-11-2-4-14(18)5-3-11/h2-8,18H,9H2,1H3,(H,17,19). The van der Waals surface area contributed by atoms with E-state index in [1.165, 1.54) is 12.1 Å². The number of rotatable bonds is 3. The average molecular weight is 259 g/mol. The summed E-state index contributed by atoms with van der Waals surface area (Å²) in [7, 11) is 0. The normalized spacial score (nSPS) is 10.2. The predicted molar refractivity (Wildman–Crippen MR) is 70.4 cm³/mol. The zero-order valence-electron chi connectivity index (χ0n) is 10.5. The van der Waals surface area contributed by atoms with E-state index in [0.717, 1.165) is 5.56 Å². The third-order valence-electron chi connectivity index (χ3n) is 2.69. The van der Waals surface area contributed by atoms with Crippen LogP contribution in [0.3, 0.4) is 0 Å². The molecular weight excluding hydrogens is 245 g/mol. The molecule has 0 fully saturated rings. The van der Waals surface area contributed by atoms with Crippen LogP contribution in [0.1, 0.15) is 21.5 Å². The van der Waals surface area contributed by atoms with Crippen LogP contribution in [0.2, 0.25) is 0 Å². The second-order valence-corrected chi connectivity index (χ2v) is 4.37. The van der Waals surface area contributed by atoms with Crippen molar-refractivity contribution in [3.63, 3.8) is 0 Å². The number of phenols is 1. The van der Waals surface area contributed by atoms with E-state index in [4.69, 9.17) is 5.11 Å². The molecule has 2 aromatic carbocycles. The molecular formula is C15H14FNO2. The molecule has 1 amide bonds. The minimum absolute atomic E-state index is 0.177. The molecule has 0 saturated carbocycles. The van der Waals surface area contributed by atoms with Crippen molar-refractivity contribution in [2.75, 3.05) is 0 Å². The van der Waals surface area contributed by atoms with Crippen LogP contribution in [-0.2, 0) is 6.54 Å². The number of benzene rings is 2. The van der Waals surface area contributed by atoms with Gasteiger partial charge in [-0.1, -0.05) is 12.1 Å². The van der Waals surface area contributed by atoms with Gasteiger partial charge in [0, 0.05) is 12.1 Å². The Hall–Kier alpha value is -2.36. The number of carbonyl (C=O) groups is 1. The fourth-order valence-corrected chi connectivity index (χ4v) is 1.77. The molecule has 4 heteroatoms. The quantitative estimate of drug-likeness (QED) is 0.890. The maximum absolute atomic E-state index is 13.2. The molecule has 0 aliphatic rings. The first kappa shape index (κ1) is 13.1. The highest BCUT2D eigenvalue weighted by molar-refractivity contribution is 5.94. The number of nitrogens with one attached hydrogen (secondary N) is 1. The Morgan fingerprint density at radius 1 is 1.21 bits per heavy atom. The summed E-state index contributed by atoms with van der Waals surface area (Å²) in [6.45, 7) is 2.06. The summed E-state index contributed by atoms with van der Waals surface area (Å²) in [5.74, 6) is -0.568. The molecule has 3 nitrogen and oxygen atoms in total. The number of halogens is 1. The molecule has 0 heterocycles. The van der Waals surface area contributed by atoms with Crippen LogP contribution in [0.25, 0.3) is 0 Å². The SMILES string of the molecule is Cc1cc(F)cc(C(=O)NCc2ccc(O)cc2)c1. The molecule has 0 aliphatic heterocycles. The average Bonchev–Trinajstić information content (AvgIpc) is 2.36. The number of amides is 1. The lowest BCUT2D eigenvalue weighted by molar-refractivity contribution is 0.0950. The number of hydrogen-bond donors (Lipinski definition) is 2. The topological polar surface area (TPSA) is 49.3 Å². The van der Waals surface area contributed by atoms with Crippen LogP contribution in [0, 0.1) is 12.7 Å². The van der Waals surface area contributed by atoms with Gasteiger partial charge >= 0.3 is 0 Å². The van der Waals surface area contributed by atoms with E-state index < -0.39 is 5.82 Å². The van der Waals surface area contributed by atoms with Gasteiger partial charge in [-0.3, -0.25) is 4.79 Å². The van der Waals surface area contributed by atoms with Gasteiger partial charge in [0.25, 0.3) is 5.91 Å². The number of phenolic OH excluding ortho intramolecular Hbond substituents is 1. The van der Waals surface area contributed by atoms with E-state index in [9.17, 15) is 9.18 Å². The number of aryl methyl sites for hydroxylation is 1. The van der Waals surface area contributed by atoms with Crippen LogP contribution in [-0.4, -0.2) is 11.0 Å². The van der Waals surface area contributed by atoms with Gasteiger partial charge in [0.2, 0.25) is 0 Å². The van der Waals surface area contributed by atoms with Crippen LogP contribution >= 0.6 is 0 Å². The minimum Gasteiger partial charge on any atom is -0.508 e. The summed E-state index contributed by atoms with van der Waals surface area (Å²) >= 11 is 0. The van der Waals surface area contributed by atoms with Crippen molar-refractivity contribution in [2.24, 2.45) is 0 Å². The molecule has 2 N–H and O–H groups in total. The Bertz CT molecular complexity index is 573. The molecule has 0 bridgehead atoms. The smallest absolute Gasteiger partial charge is 0.251 e. The lowest BCUT2D eigenvalue weighted by atomic mass is 10.1. The Kier molecular flexibility index (Phi) is 3.80. The van der Waals surface area contributed by atoms with Gasteiger partial charge in [-0.15, -0.1) is 0 Å². The van der Waals surface area contributed by atoms with Crippen molar-refractivity contribution in [3.05, 3.63) is 65.0 Å². The van der Waals surface area contributed by atoms with E-state index in [-0.39, 0.29) is 11.7 Å². The van der Waals surface area contributed by atoms with E-state index in [0.29, 0.717) is 17.7 Å². The van der Waals surface area contributed by atoms with E-state index in [2.05, 4.69) is 5.32 Å². The predicted octanol–water partition coefficient (Wildman–Crippen LogP) is 2.77. The molecule has 19 heavy (non-hydrogen) atoms. The Morgan fingerprint density at radius 3 is 2.53 bits per heavy atom. The summed E-state index contributed by atoms with van der Waals surface area (Å²) in [5, 5.41) is 11.8. The molecule has 2 rings (SSSR count). The maximum Gasteiger partial charge on any atom is 0.251 e. The number of aromatic hydroxyl groups is 1. The number of hydrogen-bond acceptors (Lipinski definition) is 2. The van der Waals surface area contributed by atoms with Gasteiger partial charge in [-0.25, -0.2) is 4.39 Å². The van der Waals surface area contributed by atoms with Crippen LogP contribution < -0.4 is 5.32 Å². The largest absolute Gasteiger partial charge is 0.508 e. The first-order chi connectivity index (χ1) is 9.04. The van der Waals surface area contributed by atoms with Gasteiger partial charge in [0.05, 0.1) is 0 Å². The molecule has 98 valence electrons. The molecule has 0 radical (unpaired) electrons. The maximum atomic E-state index is 13.2. The highest BCUT2D eigenvalue weighted by Crippen LogP contribution is 2.11. The van der Waals surface area contributed by atoms with E-state index in [1.807, 2.05) is 0 Å². The molecule has 0 unspecified atom stereocenters. The lowest BCUT2D eigenvalue weighted by Crippen LogP contribution is -2.22. The highest BCUT2D eigenvalue weighted by Gasteiger charge is 2.07. The van der Waals surface area contributed by atoms with Crippen LogP contribution in [0.4, 0.5) is 4.39 Å². The van der Waals surface area contributed by atoms with Crippen molar-refractivity contribution < 1.29 is 14.3 Å². The lowest BCUT2D eigenvalue weighted by Gasteiger charge is -2.06. The monoisotopic (exact) mass is 259 g/mol. The first-order valence-corrected chi connectivity index (χ1v) is 5.88. The minimum atomic E-state index is -0.421. The molecule has 0 atom stereocenters. The van der Waals surface area contributed by atoms with Crippen molar-refractivity contribution in [1.29, 1.82) is 0 Å². The second-order valence-electron chi connectivity index (χ2n) is 4.37.